The Morgan fingerprint density at radius 2 is 1.78 bits per heavy atom. The summed E-state index contributed by atoms with van der Waals surface area (Å²) in [6.45, 7) is 6.10. The Balaban J connectivity index is 2.24. The van der Waals surface area contributed by atoms with Crippen molar-refractivity contribution < 1.29 is 15.3 Å². The predicted octanol–water partition coefficient (Wildman–Crippen LogP) is 2.09. The topological polar surface area (TPSA) is 60.7 Å². The van der Waals surface area contributed by atoms with Crippen LogP contribution in [0.2, 0.25) is 0 Å². The first kappa shape index (κ1) is 14.3. The fourth-order valence-corrected chi connectivity index (χ4v) is 4.29. The molecule has 2 rings (SSSR count). The summed E-state index contributed by atoms with van der Waals surface area (Å²) in [5, 5.41) is 30.7. The van der Waals surface area contributed by atoms with Crippen LogP contribution in [0.1, 0.15) is 59.3 Å². The molecule has 0 bridgehead atoms. The summed E-state index contributed by atoms with van der Waals surface area (Å²) in [5.41, 5.74) is -1.32. The van der Waals surface area contributed by atoms with Crippen molar-refractivity contribution in [3.63, 3.8) is 0 Å². The standard InChI is InChI=1S/C15H28O3/c1-11(10-16)15(18)8-7-13(2)5-4-6-14(3,17)12(13)9-15/h11-12,16-18H,4-10H2,1-3H3/t11?,12-,13-,14-,15-/m0/s1. The Bertz CT molecular complexity index is 315. The van der Waals surface area contributed by atoms with Gasteiger partial charge in [-0.3, -0.25) is 0 Å². The van der Waals surface area contributed by atoms with Crippen molar-refractivity contribution in [1.29, 1.82) is 0 Å². The monoisotopic (exact) mass is 256 g/mol. The van der Waals surface area contributed by atoms with E-state index in [2.05, 4.69) is 6.92 Å². The molecule has 3 nitrogen and oxygen atoms in total. The van der Waals surface area contributed by atoms with Crippen molar-refractivity contribution in [2.75, 3.05) is 6.61 Å². The molecule has 1 unspecified atom stereocenters. The first-order valence-electron chi connectivity index (χ1n) is 7.29. The largest absolute Gasteiger partial charge is 0.396 e. The van der Waals surface area contributed by atoms with E-state index in [4.69, 9.17) is 0 Å². The Morgan fingerprint density at radius 1 is 1.11 bits per heavy atom. The van der Waals surface area contributed by atoms with Crippen molar-refractivity contribution in [2.24, 2.45) is 17.3 Å². The Morgan fingerprint density at radius 3 is 2.39 bits per heavy atom. The first-order valence-corrected chi connectivity index (χ1v) is 7.29. The van der Waals surface area contributed by atoms with Crippen LogP contribution in [0.5, 0.6) is 0 Å². The zero-order valence-electron chi connectivity index (χ0n) is 11.9. The third-order valence-electron chi connectivity index (χ3n) is 5.90. The molecule has 0 heterocycles. The fraction of sp³-hybridized carbons (Fsp3) is 1.00. The third-order valence-corrected chi connectivity index (χ3v) is 5.90. The average Bonchev–Trinajstić information content (AvgIpc) is 2.30. The van der Waals surface area contributed by atoms with Crippen LogP contribution in [0.3, 0.4) is 0 Å². The molecule has 106 valence electrons. The molecule has 0 spiro atoms. The third kappa shape index (κ3) is 2.21. The predicted molar refractivity (Wildman–Crippen MR) is 71.1 cm³/mol. The van der Waals surface area contributed by atoms with Gasteiger partial charge in [0.05, 0.1) is 11.2 Å². The highest BCUT2D eigenvalue weighted by atomic mass is 16.3. The molecule has 0 aromatic rings. The number of aliphatic hydroxyl groups is 3. The number of hydrogen-bond donors (Lipinski definition) is 3. The highest BCUT2D eigenvalue weighted by molar-refractivity contribution is 5.06. The first-order chi connectivity index (χ1) is 8.23. The van der Waals surface area contributed by atoms with E-state index in [0.29, 0.717) is 6.42 Å². The van der Waals surface area contributed by atoms with Crippen molar-refractivity contribution in [1.82, 2.24) is 0 Å². The highest BCUT2D eigenvalue weighted by Gasteiger charge is 2.55. The molecule has 0 aromatic heterocycles. The van der Waals surface area contributed by atoms with E-state index in [1.54, 1.807) is 0 Å². The molecule has 5 atom stereocenters. The number of fused-ring (bicyclic) bond motifs is 1. The minimum atomic E-state index is -0.805. The van der Waals surface area contributed by atoms with Crippen LogP contribution in [-0.4, -0.2) is 33.1 Å². The molecular formula is C15H28O3. The molecule has 3 N–H and O–H groups in total. The zero-order chi connectivity index (χ0) is 13.6. The maximum Gasteiger partial charge on any atom is 0.0699 e. The molecule has 2 fully saturated rings. The normalized spacial score (nSPS) is 50.7. The van der Waals surface area contributed by atoms with E-state index in [-0.39, 0.29) is 23.9 Å². The summed E-state index contributed by atoms with van der Waals surface area (Å²) in [6, 6.07) is 0. The lowest BCUT2D eigenvalue weighted by Gasteiger charge is -2.57. The van der Waals surface area contributed by atoms with Crippen molar-refractivity contribution in [3.05, 3.63) is 0 Å². The van der Waals surface area contributed by atoms with Gasteiger partial charge in [-0.2, -0.15) is 0 Å². The van der Waals surface area contributed by atoms with Crippen LogP contribution in [-0.2, 0) is 0 Å². The van der Waals surface area contributed by atoms with Crippen LogP contribution >= 0.6 is 0 Å². The second kappa shape index (κ2) is 4.46. The molecule has 0 aromatic carbocycles. The number of aliphatic hydroxyl groups excluding tert-OH is 1. The minimum Gasteiger partial charge on any atom is -0.396 e. The van der Waals surface area contributed by atoms with E-state index in [0.717, 1.165) is 32.1 Å². The van der Waals surface area contributed by atoms with E-state index >= 15 is 0 Å². The van der Waals surface area contributed by atoms with Gasteiger partial charge in [0.2, 0.25) is 0 Å². The Labute approximate surface area is 110 Å². The van der Waals surface area contributed by atoms with Gasteiger partial charge < -0.3 is 15.3 Å². The van der Waals surface area contributed by atoms with E-state index in [1.807, 2.05) is 13.8 Å². The summed E-state index contributed by atoms with van der Waals surface area (Å²) < 4.78 is 0. The second-order valence-corrected chi connectivity index (χ2v) is 7.31. The molecule has 0 amide bonds. The lowest BCUT2D eigenvalue weighted by Crippen LogP contribution is -2.57. The van der Waals surface area contributed by atoms with E-state index in [1.165, 1.54) is 0 Å². The van der Waals surface area contributed by atoms with Crippen molar-refractivity contribution in [3.8, 4) is 0 Å². The van der Waals surface area contributed by atoms with Gasteiger partial charge >= 0.3 is 0 Å². The highest BCUT2D eigenvalue weighted by Crippen LogP contribution is 2.57. The molecular weight excluding hydrogens is 228 g/mol. The summed E-state index contributed by atoms with van der Waals surface area (Å²) in [6.07, 6.45) is 5.38. The quantitative estimate of drug-likeness (QED) is 0.709. The molecule has 0 aliphatic heterocycles. The van der Waals surface area contributed by atoms with E-state index in [9.17, 15) is 15.3 Å². The SMILES string of the molecule is CC(CO)[C@]1(O)CC[C@]2(C)CCC[C@](C)(O)[C@H]2C1. The van der Waals surface area contributed by atoms with Gasteiger partial charge in [0.15, 0.2) is 0 Å². The van der Waals surface area contributed by atoms with Crippen molar-refractivity contribution in [2.45, 2.75) is 70.5 Å². The summed E-state index contributed by atoms with van der Waals surface area (Å²) >= 11 is 0. The number of hydrogen-bond acceptors (Lipinski definition) is 3. The fourth-order valence-electron chi connectivity index (χ4n) is 4.29. The van der Waals surface area contributed by atoms with Gasteiger partial charge in [-0.05, 0) is 50.4 Å². The molecule has 0 radical (unpaired) electrons. The van der Waals surface area contributed by atoms with Gasteiger partial charge in [-0.15, -0.1) is 0 Å². The van der Waals surface area contributed by atoms with Gasteiger partial charge in [0.25, 0.3) is 0 Å². The zero-order valence-corrected chi connectivity index (χ0v) is 11.9. The smallest absolute Gasteiger partial charge is 0.0699 e. The van der Waals surface area contributed by atoms with Gasteiger partial charge in [-0.25, -0.2) is 0 Å². The number of rotatable bonds is 2. The maximum atomic E-state index is 10.8. The van der Waals surface area contributed by atoms with Crippen LogP contribution in [0.15, 0.2) is 0 Å². The summed E-state index contributed by atoms with van der Waals surface area (Å²) in [4.78, 5) is 0. The molecule has 2 aliphatic carbocycles. The lowest BCUT2D eigenvalue weighted by molar-refractivity contribution is -0.178. The molecule has 2 saturated carbocycles. The van der Waals surface area contributed by atoms with Gasteiger partial charge in [-0.1, -0.05) is 20.3 Å². The van der Waals surface area contributed by atoms with Gasteiger partial charge in [0.1, 0.15) is 0 Å². The molecule has 18 heavy (non-hydrogen) atoms. The molecule has 2 aliphatic rings. The van der Waals surface area contributed by atoms with E-state index < -0.39 is 11.2 Å². The Hall–Kier alpha value is -0.120. The molecule has 0 saturated heterocycles. The average molecular weight is 256 g/mol. The van der Waals surface area contributed by atoms with Crippen LogP contribution in [0.25, 0.3) is 0 Å². The molecule has 3 heteroatoms. The minimum absolute atomic E-state index is 0.0159. The van der Waals surface area contributed by atoms with Gasteiger partial charge in [0, 0.05) is 12.5 Å². The summed E-state index contributed by atoms with van der Waals surface area (Å²) in [5.74, 6) is 0.0336. The van der Waals surface area contributed by atoms with Crippen LogP contribution < -0.4 is 0 Å². The van der Waals surface area contributed by atoms with Crippen LogP contribution in [0.4, 0.5) is 0 Å². The van der Waals surface area contributed by atoms with Crippen molar-refractivity contribution >= 4 is 0 Å². The maximum absolute atomic E-state index is 10.8. The second-order valence-electron chi connectivity index (χ2n) is 7.31. The van der Waals surface area contributed by atoms with Crippen LogP contribution in [0, 0.1) is 17.3 Å². The lowest BCUT2D eigenvalue weighted by atomic mass is 9.51. The summed E-state index contributed by atoms with van der Waals surface area (Å²) in [7, 11) is 0. The Kier molecular flexibility index (Phi) is 3.54.